The molecule has 0 spiro atoms. The lowest BCUT2D eigenvalue weighted by Gasteiger charge is -2.21. The Morgan fingerprint density at radius 2 is 1.86 bits per heavy atom. The Labute approximate surface area is 128 Å². The Balaban J connectivity index is 2.07. The van der Waals surface area contributed by atoms with E-state index in [9.17, 15) is 0 Å². The van der Waals surface area contributed by atoms with E-state index < -0.39 is 0 Å². The van der Waals surface area contributed by atoms with Crippen LogP contribution in [0.2, 0.25) is 0 Å². The van der Waals surface area contributed by atoms with E-state index in [1.165, 1.54) is 11.5 Å². The molecule has 1 N–H and O–H groups in total. The van der Waals surface area contributed by atoms with Crippen LogP contribution in [0.1, 0.15) is 26.3 Å². The van der Waals surface area contributed by atoms with E-state index in [1.807, 2.05) is 29.6 Å². The highest BCUT2D eigenvalue weighted by Gasteiger charge is 2.13. The SMILES string of the molecule is Cc1cc(NC(C)(C)C)nc2ccc(-c3ccsn3)nc12. The number of anilines is 1. The minimum Gasteiger partial charge on any atom is -0.365 e. The monoisotopic (exact) mass is 298 g/mol. The second-order valence-corrected chi connectivity index (χ2v) is 6.81. The van der Waals surface area contributed by atoms with E-state index in [2.05, 4.69) is 42.4 Å². The van der Waals surface area contributed by atoms with Crippen molar-refractivity contribution < 1.29 is 0 Å². The van der Waals surface area contributed by atoms with Gasteiger partial charge in [-0.25, -0.2) is 9.97 Å². The van der Waals surface area contributed by atoms with Gasteiger partial charge in [0.1, 0.15) is 11.5 Å². The van der Waals surface area contributed by atoms with Crippen molar-refractivity contribution in [3.05, 3.63) is 35.2 Å². The maximum Gasteiger partial charge on any atom is 0.127 e. The van der Waals surface area contributed by atoms with E-state index in [0.29, 0.717) is 0 Å². The Kier molecular flexibility index (Phi) is 3.37. The van der Waals surface area contributed by atoms with Crippen molar-refractivity contribution >= 4 is 28.4 Å². The lowest BCUT2D eigenvalue weighted by molar-refractivity contribution is 0.631. The third kappa shape index (κ3) is 3.03. The zero-order chi connectivity index (χ0) is 15.0. The van der Waals surface area contributed by atoms with Crippen LogP contribution in [0.3, 0.4) is 0 Å². The first-order chi connectivity index (χ1) is 9.92. The number of aryl methyl sites for hydroxylation is 1. The smallest absolute Gasteiger partial charge is 0.127 e. The van der Waals surface area contributed by atoms with Gasteiger partial charge in [0, 0.05) is 10.9 Å². The van der Waals surface area contributed by atoms with Crippen LogP contribution in [0, 0.1) is 6.92 Å². The Hall–Kier alpha value is -2.01. The lowest BCUT2D eigenvalue weighted by Crippen LogP contribution is -2.26. The fourth-order valence-electron chi connectivity index (χ4n) is 2.20. The van der Waals surface area contributed by atoms with Crippen LogP contribution in [0.4, 0.5) is 5.82 Å². The van der Waals surface area contributed by atoms with E-state index in [-0.39, 0.29) is 5.54 Å². The number of hydrogen-bond donors (Lipinski definition) is 1. The average molecular weight is 298 g/mol. The summed E-state index contributed by atoms with van der Waals surface area (Å²) in [5.41, 5.74) is 4.74. The topological polar surface area (TPSA) is 50.7 Å². The summed E-state index contributed by atoms with van der Waals surface area (Å²) in [4.78, 5) is 9.36. The molecule has 0 radical (unpaired) electrons. The zero-order valence-electron chi connectivity index (χ0n) is 12.6. The molecule has 0 bridgehead atoms. The highest BCUT2D eigenvalue weighted by atomic mass is 32.1. The molecule has 0 aliphatic rings. The standard InChI is InChI=1S/C16H18N4S/c1-10-9-14(19-16(2,3)4)17-13-6-5-11(18-15(10)13)12-7-8-21-20-12/h5-9H,1-4H3,(H,17,19). The van der Waals surface area contributed by atoms with Crippen molar-refractivity contribution in [1.29, 1.82) is 0 Å². The summed E-state index contributed by atoms with van der Waals surface area (Å²) in [6.07, 6.45) is 0. The van der Waals surface area contributed by atoms with Crippen molar-refractivity contribution in [2.24, 2.45) is 0 Å². The molecule has 0 aliphatic carbocycles. The van der Waals surface area contributed by atoms with Gasteiger partial charge in [-0.15, -0.1) is 0 Å². The van der Waals surface area contributed by atoms with Crippen LogP contribution in [0.15, 0.2) is 29.6 Å². The number of hydrogen-bond acceptors (Lipinski definition) is 5. The summed E-state index contributed by atoms with van der Waals surface area (Å²) in [6.45, 7) is 8.43. The van der Waals surface area contributed by atoms with Crippen LogP contribution < -0.4 is 5.32 Å². The molecule has 3 rings (SSSR count). The molecule has 0 unspecified atom stereocenters. The van der Waals surface area contributed by atoms with Gasteiger partial charge in [0.15, 0.2) is 0 Å². The molecule has 0 amide bonds. The molecule has 3 heterocycles. The van der Waals surface area contributed by atoms with Gasteiger partial charge >= 0.3 is 0 Å². The molecular weight excluding hydrogens is 280 g/mol. The first kappa shape index (κ1) is 13.9. The van der Waals surface area contributed by atoms with Crippen molar-refractivity contribution in [1.82, 2.24) is 14.3 Å². The lowest BCUT2D eigenvalue weighted by atomic mass is 10.1. The highest BCUT2D eigenvalue weighted by molar-refractivity contribution is 7.03. The summed E-state index contributed by atoms with van der Waals surface area (Å²) in [5, 5.41) is 5.37. The minimum atomic E-state index is -0.0128. The molecule has 0 fully saturated rings. The summed E-state index contributed by atoms with van der Waals surface area (Å²) < 4.78 is 4.34. The zero-order valence-corrected chi connectivity index (χ0v) is 13.5. The van der Waals surface area contributed by atoms with Crippen molar-refractivity contribution in [3.63, 3.8) is 0 Å². The van der Waals surface area contributed by atoms with Crippen LogP contribution in [0.25, 0.3) is 22.4 Å². The van der Waals surface area contributed by atoms with Gasteiger partial charge in [-0.2, -0.15) is 4.37 Å². The predicted octanol–water partition coefficient (Wildman–Crippen LogP) is 4.27. The van der Waals surface area contributed by atoms with E-state index in [1.54, 1.807) is 0 Å². The van der Waals surface area contributed by atoms with Gasteiger partial charge < -0.3 is 5.32 Å². The molecule has 3 aromatic rings. The van der Waals surface area contributed by atoms with Gasteiger partial charge in [0.05, 0.1) is 16.7 Å². The van der Waals surface area contributed by atoms with E-state index in [0.717, 1.165) is 33.8 Å². The molecule has 5 heteroatoms. The first-order valence-electron chi connectivity index (χ1n) is 6.90. The molecule has 21 heavy (non-hydrogen) atoms. The van der Waals surface area contributed by atoms with Crippen LogP contribution >= 0.6 is 11.5 Å². The van der Waals surface area contributed by atoms with Crippen LogP contribution in [-0.4, -0.2) is 19.9 Å². The quantitative estimate of drug-likeness (QED) is 0.767. The van der Waals surface area contributed by atoms with Gasteiger partial charge in [0.25, 0.3) is 0 Å². The maximum absolute atomic E-state index is 4.71. The second-order valence-electron chi connectivity index (χ2n) is 6.15. The normalized spacial score (nSPS) is 11.8. The average Bonchev–Trinajstić information content (AvgIpc) is 2.90. The van der Waals surface area contributed by atoms with E-state index >= 15 is 0 Å². The second kappa shape index (κ2) is 5.07. The number of rotatable bonds is 2. The van der Waals surface area contributed by atoms with E-state index in [4.69, 9.17) is 4.98 Å². The third-order valence-electron chi connectivity index (χ3n) is 3.04. The number of aromatic nitrogens is 3. The molecule has 0 saturated carbocycles. The van der Waals surface area contributed by atoms with Gasteiger partial charge in [-0.05, 0) is 69.1 Å². The number of pyridine rings is 2. The van der Waals surface area contributed by atoms with Crippen molar-refractivity contribution in [3.8, 4) is 11.4 Å². The molecule has 0 atom stereocenters. The number of nitrogens with zero attached hydrogens (tertiary/aromatic N) is 3. The number of fused-ring (bicyclic) bond motifs is 1. The Bertz CT molecular complexity index is 773. The van der Waals surface area contributed by atoms with Crippen LogP contribution in [0.5, 0.6) is 0 Å². The maximum atomic E-state index is 4.71. The fraction of sp³-hybridized carbons (Fsp3) is 0.312. The Morgan fingerprint density at radius 1 is 1.05 bits per heavy atom. The molecule has 108 valence electrons. The molecule has 0 aliphatic heterocycles. The molecule has 0 saturated heterocycles. The van der Waals surface area contributed by atoms with Gasteiger partial charge in [-0.1, -0.05) is 0 Å². The fourth-order valence-corrected chi connectivity index (χ4v) is 2.72. The summed E-state index contributed by atoms with van der Waals surface area (Å²) >= 11 is 1.44. The molecular formula is C16H18N4S. The number of nitrogens with one attached hydrogen (secondary N) is 1. The highest BCUT2D eigenvalue weighted by Crippen LogP contribution is 2.24. The summed E-state index contributed by atoms with van der Waals surface area (Å²) in [7, 11) is 0. The molecule has 0 aromatic carbocycles. The van der Waals surface area contributed by atoms with Gasteiger partial charge in [-0.3, -0.25) is 0 Å². The predicted molar refractivity (Wildman–Crippen MR) is 88.8 cm³/mol. The third-order valence-corrected chi connectivity index (χ3v) is 3.60. The van der Waals surface area contributed by atoms with Crippen molar-refractivity contribution in [2.45, 2.75) is 33.2 Å². The van der Waals surface area contributed by atoms with Gasteiger partial charge in [0.2, 0.25) is 0 Å². The minimum absolute atomic E-state index is 0.0128. The first-order valence-corrected chi connectivity index (χ1v) is 7.73. The Morgan fingerprint density at radius 3 is 2.52 bits per heavy atom. The van der Waals surface area contributed by atoms with Crippen LogP contribution in [-0.2, 0) is 0 Å². The molecule has 4 nitrogen and oxygen atoms in total. The summed E-state index contributed by atoms with van der Waals surface area (Å²) in [6, 6.07) is 8.02. The van der Waals surface area contributed by atoms with Crippen molar-refractivity contribution in [2.75, 3.05) is 5.32 Å². The summed E-state index contributed by atoms with van der Waals surface area (Å²) in [5.74, 6) is 0.885. The largest absolute Gasteiger partial charge is 0.365 e. The molecule has 3 aromatic heterocycles.